The zero-order valence-electron chi connectivity index (χ0n) is 10.4. The Labute approximate surface area is 111 Å². The minimum atomic E-state index is 0.515. The number of hydrogen-bond donors (Lipinski definition) is 2. The molecule has 0 amide bonds. The Balaban J connectivity index is 2.07. The number of anilines is 2. The van der Waals surface area contributed by atoms with E-state index in [-0.39, 0.29) is 0 Å². The summed E-state index contributed by atoms with van der Waals surface area (Å²) in [6.07, 6.45) is 1.58. The maximum atomic E-state index is 6.03. The van der Waals surface area contributed by atoms with Crippen molar-refractivity contribution in [2.45, 2.75) is 13.5 Å². The highest BCUT2D eigenvalue weighted by Crippen LogP contribution is 2.19. The second kappa shape index (κ2) is 5.69. The van der Waals surface area contributed by atoms with Crippen LogP contribution in [0.4, 0.5) is 11.8 Å². The van der Waals surface area contributed by atoms with Gasteiger partial charge in [-0.15, -0.1) is 0 Å². The highest BCUT2D eigenvalue weighted by Gasteiger charge is 2.04. The van der Waals surface area contributed by atoms with Crippen LogP contribution in [0.3, 0.4) is 0 Å². The first kappa shape index (κ1) is 12.6. The van der Waals surface area contributed by atoms with Crippen molar-refractivity contribution < 1.29 is 0 Å². The molecular formula is C13H15ClN4. The summed E-state index contributed by atoms with van der Waals surface area (Å²) in [6.45, 7) is 2.75. The number of rotatable bonds is 4. The van der Waals surface area contributed by atoms with Gasteiger partial charge in [0.25, 0.3) is 0 Å². The fraction of sp³-hybridized carbons (Fsp3) is 0.231. The minimum absolute atomic E-state index is 0.515. The highest BCUT2D eigenvalue weighted by atomic mass is 35.5. The fourth-order valence-electron chi connectivity index (χ4n) is 1.50. The maximum Gasteiger partial charge on any atom is 0.224 e. The number of nitrogens with one attached hydrogen (secondary N) is 2. The van der Waals surface area contributed by atoms with Crippen LogP contribution in [0.2, 0.25) is 5.02 Å². The van der Waals surface area contributed by atoms with Gasteiger partial charge in [-0.25, -0.2) is 4.98 Å². The first-order valence-electron chi connectivity index (χ1n) is 5.69. The molecule has 0 aliphatic carbocycles. The SMILES string of the molecule is CNc1ncc(Cl)c(NCc2ccc(C)cc2)n1. The van der Waals surface area contributed by atoms with Gasteiger partial charge in [0.05, 0.1) is 6.20 Å². The first-order chi connectivity index (χ1) is 8.69. The maximum absolute atomic E-state index is 6.03. The summed E-state index contributed by atoms with van der Waals surface area (Å²) in [7, 11) is 1.77. The van der Waals surface area contributed by atoms with Gasteiger partial charge < -0.3 is 10.6 Å². The summed E-state index contributed by atoms with van der Waals surface area (Å²) in [6, 6.07) is 8.32. The summed E-state index contributed by atoms with van der Waals surface area (Å²) in [5.74, 6) is 1.18. The van der Waals surface area contributed by atoms with E-state index >= 15 is 0 Å². The van der Waals surface area contributed by atoms with Crippen molar-refractivity contribution in [3.05, 3.63) is 46.6 Å². The van der Waals surface area contributed by atoms with Gasteiger partial charge >= 0.3 is 0 Å². The van der Waals surface area contributed by atoms with Crippen molar-refractivity contribution >= 4 is 23.4 Å². The van der Waals surface area contributed by atoms with Gasteiger partial charge in [0, 0.05) is 13.6 Å². The van der Waals surface area contributed by atoms with E-state index in [9.17, 15) is 0 Å². The lowest BCUT2D eigenvalue weighted by Gasteiger charge is -2.08. The van der Waals surface area contributed by atoms with Gasteiger partial charge in [-0.1, -0.05) is 41.4 Å². The molecule has 0 atom stereocenters. The van der Waals surface area contributed by atoms with Crippen molar-refractivity contribution in [3.8, 4) is 0 Å². The molecule has 2 aromatic rings. The Morgan fingerprint density at radius 3 is 2.61 bits per heavy atom. The van der Waals surface area contributed by atoms with Crippen LogP contribution in [0.25, 0.3) is 0 Å². The lowest BCUT2D eigenvalue weighted by Crippen LogP contribution is -2.05. The Kier molecular flexibility index (Phi) is 3.99. The molecule has 0 bridgehead atoms. The zero-order chi connectivity index (χ0) is 13.0. The molecule has 2 rings (SSSR count). The number of benzene rings is 1. The van der Waals surface area contributed by atoms with Crippen LogP contribution in [-0.2, 0) is 6.54 Å². The number of aromatic nitrogens is 2. The minimum Gasteiger partial charge on any atom is -0.365 e. The predicted octanol–water partition coefficient (Wildman–Crippen LogP) is 3.09. The Morgan fingerprint density at radius 2 is 1.94 bits per heavy atom. The third-order valence-corrected chi connectivity index (χ3v) is 2.82. The van der Waals surface area contributed by atoms with Crippen LogP contribution in [0.5, 0.6) is 0 Å². The second-order valence-corrected chi connectivity index (χ2v) is 4.39. The van der Waals surface area contributed by atoms with Crippen LogP contribution < -0.4 is 10.6 Å². The topological polar surface area (TPSA) is 49.8 Å². The fourth-order valence-corrected chi connectivity index (χ4v) is 1.66. The highest BCUT2D eigenvalue weighted by molar-refractivity contribution is 6.32. The number of hydrogen-bond acceptors (Lipinski definition) is 4. The zero-order valence-corrected chi connectivity index (χ0v) is 11.1. The van der Waals surface area contributed by atoms with E-state index < -0.39 is 0 Å². The van der Waals surface area contributed by atoms with Gasteiger partial charge in [-0.2, -0.15) is 4.98 Å². The standard InChI is InChI=1S/C13H15ClN4/c1-9-3-5-10(6-4-9)7-16-12-11(14)8-17-13(15-2)18-12/h3-6,8H,7H2,1-2H3,(H2,15,16,17,18). The van der Waals surface area contributed by atoms with Crippen molar-refractivity contribution in [2.75, 3.05) is 17.7 Å². The molecule has 5 heteroatoms. The molecule has 0 aliphatic heterocycles. The summed E-state index contributed by atoms with van der Waals surface area (Å²) in [5.41, 5.74) is 2.43. The second-order valence-electron chi connectivity index (χ2n) is 3.98. The predicted molar refractivity (Wildman–Crippen MR) is 75.1 cm³/mol. The van der Waals surface area contributed by atoms with E-state index in [1.54, 1.807) is 13.2 Å². The number of aryl methyl sites for hydroxylation is 1. The largest absolute Gasteiger partial charge is 0.365 e. The molecule has 0 saturated carbocycles. The molecule has 0 spiro atoms. The van der Waals surface area contributed by atoms with E-state index in [1.807, 2.05) is 0 Å². The summed E-state index contributed by atoms with van der Waals surface area (Å²) >= 11 is 6.03. The molecule has 0 radical (unpaired) electrons. The summed E-state index contributed by atoms with van der Waals surface area (Å²) in [5, 5.41) is 6.59. The molecule has 0 fully saturated rings. The number of nitrogens with zero attached hydrogens (tertiary/aromatic N) is 2. The average molecular weight is 263 g/mol. The van der Waals surface area contributed by atoms with E-state index in [4.69, 9.17) is 11.6 Å². The molecule has 94 valence electrons. The lowest BCUT2D eigenvalue weighted by atomic mass is 10.1. The quantitative estimate of drug-likeness (QED) is 0.889. The molecule has 0 aliphatic rings. The molecule has 4 nitrogen and oxygen atoms in total. The molecule has 2 N–H and O–H groups in total. The Hall–Kier alpha value is -1.81. The molecular weight excluding hydrogens is 248 g/mol. The molecule has 1 aromatic heterocycles. The molecule has 18 heavy (non-hydrogen) atoms. The van der Waals surface area contributed by atoms with Crippen LogP contribution in [0.1, 0.15) is 11.1 Å². The van der Waals surface area contributed by atoms with Crippen LogP contribution >= 0.6 is 11.6 Å². The van der Waals surface area contributed by atoms with E-state index in [0.29, 0.717) is 23.3 Å². The average Bonchev–Trinajstić information content (AvgIpc) is 2.40. The van der Waals surface area contributed by atoms with Crippen LogP contribution in [-0.4, -0.2) is 17.0 Å². The summed E-state index contributed by atoms with van der Waals surface area (Å²) in [4.78, 5) is 8.29. The van der Waals surface area contributed by atoms with Gasteiger partial charge in [0.15, 0.2) is 5.82 Å². The van der Waals surface area contributed by atoms with Gasteiger partial charge in [-0.05, 0) is 12.5 Å². The third kappa shape index (κ3) is 3.11. The Bertz CT molecular complexity index is 525. The van der Waals surface area contributed by atoms with Crippen molar-refractivity contribution in [1.82, 2.24) is 9.97 Å². The first-order valence-corrected chi connectivity index (χ1v) is 6.06. The molecule has 0 unspecified atom stereocenters. The third-order valence-electron chi connectivity index (χ3n) is 2.55. The van der Waals surface area contributed by atoms with E-state index in [1.165, 1.54) is 11.1 Å². The van der Waals surface area contributed by atoms with E-state index in [2.05, 4.69) is 51.8 Å². The summed E-state index contributed by atoms with van der Waals surface area (Å²) < 4.78 is 0. The van der Waals surface area contributed by atoms with Crippen molar-refractivity contribution in [1.29, 1.82) is 0 Å². The van der Waals surface area contributed by atoms with Crippen molar-refractivity contribution in [3.63, 3.8) is 0 Å². The van der Waals surface area contributed by atoms with Crippen LogP contribution in [0.15, 0.2) is 30.5 Å². The normalized spacial score (nSPS) is 10.2. The van der Waals surface area contributed by atoms with Crippen molar-refractivity contribution in [2.24, 2.45) is 0 Å². The Morgan fingerprint density at radius 1 is 1.22 bits per heavy atom. The molecule has 1 aromatic carbocycles. The van der Waals surface area contributed by atoms with Crippen LogP contribution in [0, 0.1) is 6.92 Å². The lowest BCUT2D eigenvalue weighted by molar-refractivity contribution is 1.08. The molecule has 0 saturated heterocycles. The number of halogens is 1. The van der Waals surface area contributed by atoms with Gasteiger partial charge in [-0.3, -0.25) is 0 Å². The van der Waals surface area contributed by atoms with Gasteiger partial charge in [0.2, 0.25) is 5.95 Å². The van der Waals surface area contributed by atoms with Gasteiger partial charge in [0.1, 0.15) is 5.02 Å². The monoisotopic (exact) mass is 262 g/mol. The molecule has 1 heterocycles. The van der Waals surface area contributed by atoms with E-state index in [0.717, 1.165) is 0 Å². The smallest absolute Gasteiger partial charge is 0.224 e.